The minimum absolute atomic E-state index is 0.505. The molecule has 4 heteroatoms. The number of hydrogen-bond acceptors (Lipinski definition) is 3. The summed E-state index contributed by atoms with van der Waals surface area (Å²) < 4.78 is 11.4. The third kappa shape index (κ3) is 4.29. The van der Waals surface area contributed by atoms with Gasteiger partial charge in [0, 0.05) is 10.6 Å². The van der Waals surface area contributed by atoms with Gasteiger partial charge in [0.05, 0.1) is 6.54 Å². The maximum atomic E-state index is 5.84. The van der Waals surface area contributed by atoms with Gasteiger partial charge in [0.1, 0.15) is 23.9 Å². The second-order valence-electron chi connectivity index (χ2n) is 4.71. The molecule has 1 aromatic carbocycles. The molecule has 0 fully saturated rings. The van der Waals surface area contributed by atoms with Crippen molar-refractivity contribution in [2.45, 2.75) is 33.4 Å². The van der Waals surface area contributed by atoms with Crippen molar-refractivity contribution >= 4 is 11.6 Å². The van der Waals surface area contributed by atoms with Gasteiger partial charge in [0.15, 0.2) is 0 Å². The molecule has 0 atom stereocenters. The third-order valence-electron chi connectivity index (χ3n) is 3.01. The molecule has 0 aliphatic heterocycles. The quantitative estimate of drug-likeness (QED) is 0.772. The van der Waals surface area contributed by atoms with Crippen LogP contribution in [0.15, 0.2) is 34.7 Å². The van der Waals surface area contributed by atoms with Gasteiger partial charge >= 0.3 is 0 Å². The zero-order chi connectivity index (χ0) is 14.4. The molecule has 2 rings (SSSR count). The molecule has 1 N–H and O–H groups in total. The Kier molecular flexibility index (Phi) is 5.50. The first-order valence-electron chi connectivity index (χ1n) is 6.86. The van der Waals surface area contributed by atoms with Crippen molar-refractivity contribution in [2.75, 3.05) is 6.54 Å². The van der Waals surface area contributed by atoms with Crippen LogP contribution in [-0.4, -0.2) is 6.54 Å². The van der Waals surface area contributed by atoms with Gasteiger partial charge in [-0.05, 0) is 50.2 Å². The van der Waals surface area contributed by atoms with Crippen LogP contribution >= 0.6 is 11.6 Å². The van der Waals surface area contributed by atoms with E-state index in [1.54, 1.807) is 0 Å². The highest BCUT2D eigenvalue weighted by Gasteiger charge is 2.08. The van der Waals surface area contributed by atoms with E-state index in [0.29, 0.717) is 11.6 Å². The van der Waals surface area contributed by atoms with Gasteiger partial charge in [-0.1, -0.05) is 18.5 Å². The zero-order valence-electron chi connectivity index (χ0n) is 11.9. The van der Waals surface area contributed by atoms with E-state index < -0.39 is 0 Å². The van der Waals surface area contributed by atoms with Crippen molar-refractivity contribution in [3.05, 3.63) is 52.4 Å². The topological polar surface area (TPSA) is 34.4 Å². The maximum absolute atomic E-state index is 5.84. The lowest BCUT2D eigenvalue weighted by molar-refractivity contribution is 0.303. The van der Waals surface area contributed by atoms with Crippen molar-refractivity contribution in [3.8, 4) is 5.75 Å². The standard InChI is InChI=1S/C16H20ClNO2/c1-3-8-18-10-16-9-13(12(2)20-16)11-19-15-6-4-14(17)5-7-15/h4-7,9,18H,3,8,10-11H2,1-2H3. The number of ether oxygens (including phenoxy) is 1. The Morgan fingerprint density at radius 3 is 2.70 bits per heavy atom. The minimum Gasteiger partial charge on any atom is -0.489 e. The molecule has 0 saturated carbocycles. The Morgan fingerprint density at radius 1 is 1.25 bits per heavy atom. The van der Waals surface area contributed by atoms with Gasteiger partial charge in [-0.3, -0.25) is 0 Å². The van der Waals surface area contributed by atoms with Gasteiger partial charge in [0.2, 0.25) is 0 Å². The maximum Gasteiger partial charge on any atom is 0.119 e. The van der Waals surface area contributed by atoms with Crippen LogP contribution in [0.3, 0.4) is 0 Å². The summed E-state index contributed by atoms with van der Waals surface area (Å²) in [5.41, 5.74) is 1.08. The third-order valence-corrected chi connectivity index (χ3v) is 3.26. The van der Waals surface area contributed by atoms with E-state index in [1.807, 2.05) is 37.3 Å². The molecular weight excluding hydrogens is 274 g/mol. The predicted octanol–water partition coefficient (Wildman–Crippen LogP) is 4.32. The van der Waals surface area contributed by atoms with Crippen LogP contribution in [0.4, 0.5) is 0 Å². The molecule has 3 nitrogen and oxygen atoms in total. The summed E-state index contributed by atoms with van der Waals surface area (Å²) in [6.45, 7) is 6.37. The summed E-state index contributed by atoms with van der Waals surface area (Å²) in [5.74, 6) is 2.67. The zero-order valence-corrected chi connectivity index (χ0v) is 12.7. The summed E-state index contributed by atoms with van der Waals surface area (Å²) >= 11 is 5.84. The van der Waals surface area contributed by atoms with E-state index in [0.717, 1.165) is 42.3 Å². The predicted molar refractivity (Wildman–Crippen MR) is 81.2 cm³/mol. The molecule has 0 radical (unpaired) electrons. The molecule has 0 amide bonds. The molecule has 0 saturated heterocycles. The summed E-state index contributed by atoms with van der Waals surface area (Å²) in [6.07, 6.45) is 1.12. The summed E-state index contributed by atoms with van der Waals surface area (Å²) in [4.78, 5) is 0. The molecule has 20 heavy (non-hydrogen) atoms. The second kappa shape index (κ2) is 7.36. The fourth-order valence-corrected chi connectivity index (χ4v) is 2.02. The average Bonchev–Trinajstić information content (AvgIpc) is 2.79. The lowest BCUT2D eigenvalue weighted by Crippen LogP contribution is -2.13. The lowest BCUT2D eigenvalue weighted by Gasteiger charge is -2.04. The Labute approximate surface area is 124 Å². The molecular formula is C16H20ClNO2. The van der Waals surface area contributed by atoms with Crippen LogP contribution in [0, 0.1) is 6.92 Å². The number of hydrogen-bond donors (Lipinski definition) is 1. The van der Waals surface area contributed by atoms with Crippen LogP contribution in [-0.2, 0) is 13.2 Å². The van der Waals surface area contributed by atoms with Crippen LogP contribution in [0.25, 0.3) is 0 Å². The monoisotopic (exact) mass is 293 g/mol. The van der Waals surface area contributed by atoms with E-state index >= 15 is 0 Å². The molecule has 1 heterocycles. The van der Waals surface area contributed by atoms with Crippen LogP contribution < -0.4 is 10.1 Å². The van der Waals surface area contributed by atoms with Crippen molar-refractivity contribution in [2.24, 2.45) is 0 Å². The smallest absolute Gasteiger partial charge is 0.119 e. The van der Waals surface area contributed by atoms with Crippen LogP contribution in [0.5, 0.6) is 5.75 Å². The Hall–Kier alpha value is -1.45. The van der Waals surface area contributed by atoms with Gasteiger partial charge in [-0.15, -0.1) is 0 Å². The number of halogens is 1. The Bertz CT molecular complexity index is 534. The minimum atomic E-state index is 0.505. The molecule has 1 aromatic heterocycles. The van der Waals surface area contributed by atoms with Gasteiger partial charge in [-0.25, -0.2) is 0 Å². The summed E-state index contributed by atoms with van der Waals surface area (Å²) in [6, 6.07) is 9.41. The molecule has 0 aliphatic rings. The number of furan rings is 1. The average molecular weight is 294 g/mol. The molecule has 2 aromatic rings. The molecule has 0 aliphatic carbocycles. The first kappa shape index (κ1) is 14.9. The van der Waals surface area contributed by atoms with E-state index in [2.05, 4.69) is 12.2 Å². The first-order chi connectivity index (χ1) is 9.69. The number of benzene rings is 1. The van der Waals surface area contributed by atoms with E-state index in [9.17, 15) is 0 Å². The first-order valence-corrected chi connectivity index (χ1v) is 7.24. The number of rotatable bonds is 7. The van der Waals surface area contributed by atoms with Crippen molar-refractivity contribution in [1.29, 1.82) is 0 Å². The van der Waals surface area contributed by atoms with E-state index in [1.165, 1.54) is 0 Å². The molecule has 108 valence electrons. The summed E-state index contributed by atoms with van der Waals surface area (Å²) in [7, 11) is 0. The van der Waals surface area contributed by atoms with Crippen LogP contribution in [0.2, 0.25) is 5.02 Å². The highest BCUT2D eigenvalue weighted by Crippen LogP contribution is 2.20. The largest absolute Gasteiger partial charge is 0.489 e. The van der Waals surface area contributed by atoms with Gasteiger partial charge in [-0.2, -0.15) is 0 Å². The highest BCUT2D eigenvalue weighted by atomic mass is 35.5. The molecule has 0 bridgehead atoms. The van der Waals surface area contributed by atoms with Crippen molar-refractivity contribution in [1.82, 2.24) is 5.32 Å². The van der Waals surface area contributed by atoms with Crippen molar-refractivity contribution in [3.63, 3.8) is 0 Å². The van der Waals surface area contributed by atoms with Crippen molar-refractivity contribution < 1.29 is 9.15 Å². The molecule has 0 unspecified atom stereocenters. The van der Waals surface area contributed by atoms with Crippen LogP contribution in [0.1, 0.15) is 30.4 Å². The number of aryl methyl sites for hydroxylation is 1. The highest BCUT2D eigenvalue weighted by molar-refractivity contribution is 6.30. The lowest BCUT2D eigenvalue weighted by atomic mass is 10.2. The van der Waals surface area contributed by atoms with E-state index in [-0.39, 0.29) is 0 Å². The van der Waals surface area contributed by atoms with Gasteiger partial charge < -0.3 is 14.5 Å². The van der Waals surface area contributed by atoms with E-state index in [4.69, 9.17) is 20.8 Å². The fourth-order valence-electron chi connectivity index (χ4n) is 1.90. The molecule has 0 spiro atoms. The fraction of sp³-hybridized carbons (Fsp3) is 0.375. The Morgan fingerprint density at radius 2 is 2.00 bits per heavy atom. The second-order valence-corrected chi connectivity index (χ2v) is 5.15. The Balaban J connectivity index is 1.90. The number of nitrogens with one attached hydrogen (secondary N) is 1. The SMILES string of the molecule is CCCNCc1cc(COc2ccc(Cl)cc2)c(C)o1. The van der Waals surface area contributed by atoms with Gasteiger partial charge in [0.25, 0.3) is 0 Å². The summed E-state index contributed by atoms with van der Waals surface area (Å²) in [5, 5.41) is 4.03. The normalized spacial score (nSPS) is 10.8.